The predicted octanol–water partition coefficient (Wildman–Crippen LogP) is 2.63. The number of aromatic nitrogens is 2. The van der Waals surface area contributed by atoms with Gasteiger partial charge in [0.05, 0.1) is 23.2 Å². The van der Waals surface area contributed by atoms with E-state index in [-0.39, 0.29) is 17.7 Å². The third-order valence-electron chi connectivity index (χ3n) is 5.93. The quantitative estimate of drug-likeness (QED) is 0.798. The van der Waals surface area contributed by atoms with Gasteiger partial charge in [0.2, 0.25) is 5.91 Å². The number of hydrogen-bond acceptors (Lipinski definition) is 3. The monoisotopic (exact) mass is 365 g/mol. The Hall–Kier alpha value is -2.89. The van der Waals surface area contributed by atoms with Gasteiger partial charge in [0.25, 0.3) is 0 Å². The lowest BCUT2D eigenvalue weighted by Crippen LogP contribution is -2.40. The second-order valence-corrected chi connectivity index (χ2v) is 7.45. The number of benzene rings is 1. The van der Waals surface area contributed by atoms with Gasteiger partial charge in [0.1, 0.15) is 0 Å². The summed E-state index contributed by atoms with van der Waals surface area (Å²) in [4.78, 5) is 24.4. The molecule has 2 aromatic rings. The van der Waals surface area contributed by atoms with Crippen LogP contribution in [-0.4, -0.2) is 26.8 Å². The number of amides is 1. The zero-order chi connectivity index (χ0) is 19.1. The Morgan fingerprint density at radius 3 is 2.48 bits per heavy atom. The van der Waals surface area contributed by atoms with Crippen molar-refractivity contribution in [2.24, 2.45) is 23.7 Å². The lowest BCUT2D eigenvalue weighted by molar-refractivity contribution is -0.147. The van der Waals surface area contributed by atoms with Crippen molar-refractivity contribution in [3.05, 3.63) is 59.4 Å². The molecule has 27 heavy (non-hydrogen) atoms. The summed E-state index contributed by atoms with van der Waals surface area (Å²) in [5.74, 6) is -2.14. The molecule has 1 aromatic heterocycles. The standard InChI is InChI=1S/C21H23N3O3/c1-12-17(13(2)24(23-12)16-6-4-3-5-7-16)11-22-20(25)18-14-8-9-15(10-14)19(18)21(26)27/h3-9,14-15,18-19H,10-11H2,1-2H3,(H,22,25)(H,26,27)/t14-,15+,18-,19+/m1/s1. The van der Waals surface area contributed by atoms with Crippen LogP contribution in [0.4, 0.5) is 0 Å². The number of rotatable bonds is 5. The maximum absolute atomic E-state index is 12.8. The molecule has 2 aliphatic carbocycles. The molecule has 0 saturated heterocycles. The Morgan fingerprint density at radius 2 is 1.81 bits per heavy atom. The largest absolute Gasteiger partial charge is 0.481 e. The Labute approximate surface area is 157 Å². The van der Waals surface area contributed by atoms with Crippen molar-refractivity contribution in [1.29, 1.82) is 0 Å². The van der Waals surface area contributed by atoms with E-state index in [1.807, 2.05) is 61.0 Å². The summed E-state index contributed by atoms with van der Waals surface area (Å²) in [5, 5.41) is 17.1. The van der Waals surface area contributed by atoms with Crippen molar-refractivity contribution < 1.29 is 14.7 Å². The molecule has 4 atom stereocenters. The van der Waals surface area contributed by atoms with Crippen LogP contribution in [0, 0.1) is 37.5 Å². The Morgan fingerprint density at radius 1 is 1.15 bits per heavy atom. The highest BCUT2D eigenvalue weighted by molar-refractivity contribution is 5.86. The van der Waals surface area contributed by atoms with E-state index in [0.717, 1.165) is 29.1 Å². The molecular weight excluding hydrogens is 342 g/mol. The predicted molar refractivity (Wildman–Crippen MR) is 100 cm³/mol. The SMILES string of the molecule is Cc1nn(-c2ccccc2)c(C)c1CNC(=O)[C@H]1[C@@H](C(=O)O)[C@H]2C=C[C@@H]1C2. The molecule has 1 heterocycles. The highest BCUT2D eigenvalue weighted by Gasteiger charge is 2.51. The average molecular weight is 365 g/mol. The summed E-state index contributed by atoms with van der Waals surface area (Å²) in [6.07, 6.45) is 4.71. The average Bonchev–Trinajstić information content (AvgIpc) is 3.34. The van der Waals surface area contributed by atoms with Crippen LogP contribution in [0.25, 0.3) is 5.69 Å². The number of allylic oxidation sites excluding steroid dienone is 2. The summed E-state index contributed by atoms with van der Waals surface area (Å²) in [5.41, 5.74) is 3.78. The molecule has 1 fully saturated rings. The van der Waals surface area contributed by atoms with E-state index in [2.05, 4.69) is 10.4 Å². The lowest BCUT2D eigenvalue weighted by Gasteiger charge is -2.23. The molecule has 6 nitrogen and oxygen atoms in total. The second kappa shape index (κ2) is 6.68. The molecular formula is C21H23N3O3. The van der Waals surface area contributed by atoms with Crippen LogP contribution in [0.1, 0.15) is 23.4 Å². The van der Waals surface area contributed by atoms with Gasteiger partial charge in [-0.15, -0.1) is 0 Å². The highest BCUT2D eigenvalue weighted by atomic mass is 16.4. The summed E-state index contributed by atoms with van der Waals surface area (Å²) in [7, 11) is 0. The summed E-state index contributed by atoms with van der Waals surface area (Å²) in [6, 6.07) is 9.85. The maximum atomic E-state index is 12.8. The lowest BCUT2D eigenvalue weighted by atomic mass is 9.82. The number of carbonyl (C=O) groups is 2. The molecule has 0 spiro atoms. The van der Waals surface area contributed by atoms with Gasteiger partial charge >= 0.3 is 5.97 Å². The first kappa shape index (κ1) is 17.5. The fourth-order valence-corrected chi connectivity index (χ4v) is 4.56. The zero-order valence-corrected chi connectivity index (χ0v) is 15.4. The molecule has 6 heteroatoms. The number of aryl methyl sites for hydroxylation is 1. The minimum atomic E-state index is -0.878. The van der Waals surface area contributed by atoms with Gasteiger partial charge in [-0.05, 0) is 44.2 Å². The van der Waals surface area contributed by atoms with Crippen LogP contribution >= 0.6 is 0 Å². The van der Waals surface area contributed by atoms with Crippen molar-refractivity contribution in [1.82, 2.24) is 15.1 Å². The van der Waals surface area contributed by atoms with E-state index in [0.29, 0.717) is 6.54 Å². The molecule has 1 saturated carbocycles. The van der Waals surface area contributed by atoms with Crippen molar-refractivity contribution in [2.45, 2.75) is 26.8 Å². The van der Waals surface area contributed by atoms with E-state index in [1.54, 1.807) is 0 Å². The minimum Gasteiger partial charge on any atom is -0.481 e. The molecule has 0 radical (unpaired) electrons. The zero-order valence-electron chi connectivity index (χ0n) is 15.4. The van der Waals surface area contributed by atoms with Crippen LogP contribution < -0.4 is 5.32 Å². The second-order valence-electron chi connectivity index (χ2n) is 7.45. The number of para-hydroxylation sites is 1. The Kier molecular flexibility index (Phi) is 4.34. The fraction of sp³-hybridized carbons (Fsp3) is 0.381. The fourth-order valence-electron chi connectivity index (χ4n) is 4.56. The first-order valence-electron chi connectivity index (χ1n) is 9.26. The molecule has 0 unspecified atom stereocenters. The third kappa shape index (κ3) is 2.95. The molecule has 1 amide bonds. The van der Waals surface area contributed by atoms with E-state index >= 15 is 0 Å². The molecule has 4 rings (SSSR count). The van der Waals surface area contributed by atoms with Crippen molar-refractivity contribution in [3.8, 4) is 5.69 Å². The Balaban J connectivity index is 1.51. The third-order valence-corrected chi connectivity index (χ3v) is 5.93. The molecule has 1 aromatic carbocycles. The van der Waals surface area contributed by atoms with E-state index in [1.165, 1.54) is 0 Å². The first-order chi connectivity index (χ1) is 13.0. The number of carbonyl (C=O) groups excluding carboxylic acids is 1. The number of hydrogen-bond donors (Lipinski definition) is 2. The number of nitrogens with one attached hydrogen (secondary N) is 1. The molecule has 2 bridgehead atoms. The summed E-state index contributed by atoms with van der Waals surface area (Å²) >= 11 is 0. The van der Waals surface area contributed by atoms with E-state index in [4.69, 9.17) is 0 Å². The maximum Gasteiger partial charge on any atom is 0.307 e. The van der Waals surface area contributed by atoms with Gasteiger partial charge in [0, 0.05) is 17.8 Å². The summed E-state index contributed by atoms with van der Waals surface area (Å²) in [6.45, 7) is 4.26. The number of carboxylic acid groups (broad SMARTS) is 1. The van der Waals surface area contributed by atoms with Crippen LogP contribution in [-0.2, 0) is 16.1 Å². The van der Waals surface area contributed by atoms with Crippen molar-refractivity contribution in [3.63, 3.8) is 0 Å². The van der Waals surface area contributed by atoms with Gasteiger partial charge in [0.15, 0.2) is 0 Å². The normalized spacial score (nSPS) is 25.7. The van der Waals surface area contributed by atoms with Gasteiger partial charge in [-0.25, -0.2) is 4.68 Å². The Bertz CT molecular complexity index is 916. The first-order valence-corrected chi connectivity index (χ1v) is 9.26. The smallest absolute Gasteiger partial charge is 0.307 e. The number of carboxylic acids is 1. The summed E-state index contributed by atoms with van der Waals surface area (Å²) < 4.78 is 1.87. The number of aliphatic carboxylic acids is 1. The topological polar surface area (TPSA) is 84.2 Å². The van der Waals surface area contributed by atoms with Gasteiger partial charge in [-0.1, -0.05) is 30.4 Å². The van der Waals surface area contributed by atoms with Crippen molar-refractivity contribution in [2.75, 3.05) is 0 Å². The molecule has 0 aliphatic heterocycles. The highest BCUT2D eigenvalue weighted by Crippen LogP contribution is 2.48. The van der Waals surface area contributed by atoms with Gasteiger partial charge < -0.3 is 10.4 Å². The van der Waals surface area contributed by atoms with Crippen LogP contribution in [0.15, 0.2) is 42.5 Å². The molecule has 2 N–H and O–H groups in total. The number of fused-ring (bicyclic) bond motifs is 2. The molecule has 2 aliphatic rings. The van der Waals surface area contributed by atoms with Gasteiger partial charge in [-0.3, -0.25) is 9.59 Å². The molecule has 140 valence electrons. The van der Waals surface area contributed by atoms with E-state index < -0.39 is 17.8 Å². The van der Waals surface area contributed by atoms with Crippen LogP contribution in [0.2, 0.25) is 0 Å². The number of nitrogens with zero attached hydrogens (tertiary/aromatic N) is 2. The van der Waals surface area contributed by atoms with Crippen LogP contribution in [0.3, 0.4) is 0 Å². The van der Waals surface area contributed by atoms with E-state index in [9.17, 15) is 14.7 Å². The van der Waals surface area contributed by atoms with Crippen molar-refractivity contribution >= 4 is 11.9 Å². The minimum absolute atomic E-state index is 0.0208. The van der Waals surface area contributed by atoms with Gasteiger partial charge in [-0.2, -0.15) is 5.10 Å². The van der Waals surface area contributed by atoms with Crippen LogP contribution in [0.5, 0.6) is 0 Å².